The molecule has 0 aliphatic heterocycles. The topological polar surface area (TPSA) is 52.9 Å². The van der Waals surface area contributed by atoms with Crippen LogP contribution in [0.25, 0.3) is 6.08 Å². The third-order valence-corrected chi connectivity index (χ3v) is 2.42. The highest BCUT2D eigenvalue weighted by Crippen LogP contribution is 2.18. The summed E-state index contributed by atoms with van der Waals surface area (Å²) >= 11 is 0. The molecule has 3 heteroatoms. The van der Waals surface area contributed by atoms with Gasteiger partial charge in [-0.2, -0.15) is 5.26 Å². The van der Waals surface area contributed by atoms with Gasteiger partial charge in [0.15, 0.2) is 0 Å². The number of hydrogen-bond acceptors (Lipinski definition) is 2. The van der Waals surface area contributed by atoms with E-state index in [-0.39, 0.29) is 5.91 Å². The number of amides is 1. The third kappa shape index (κ3) is 2.71. The van der Waals surface area contributed by atoms with Crippen molar-refractivity contribution in [3.63, 3.8) is 0 Å². The highest BCUT2D eigenvalue weighted by molar-refractivity contribution is 5.92. The van der Waals surface area contributed by atoms with E-state index in [1.807, 2.05) is 12.1 Å². The quantitative estimate of drug-likeness (QED) is 0.777. The van der Waals surface area contributed by atoms with E-state index in [1.165, 1.54) is 6.08 Å². The molecule has 0 saturated heterocycles. The summed E-state index contributed by atoms with van der Waals surface area (Å²) in [4.78, 5) is 11.4. The van der Waals surface area contributed by atoms with Crippen LogP contribution in [0.4, 0.5) is 0 Å². The standard InChI is InChI=1S/C13H12N2O/c14-9-11-4-2-1-3-10(11)5-8-13(16)15-12-6-7-12/h1-5,8,12H,6-7H2,(H,15,16)/b8-5+. The Bertz CT molecular complexity index is 467. The maximum absolute atomic E-state index is 11.4. The SMILES string of the molecule is N#Cc1ccccc1/C=C/C(=O)NC1CC1. The van der Waals surface area contributed by atoms with Crippen LogP contribution in [0.1, 0.15) is 24.0 Å². The van der Waals surface area contributed by atoms with Crippen molar-refractivity contribution in [2.45, 2.75) is 18.9 Å². The van der Waals surface area contributed by atoms with Crippen molar-refractivity contribution in [2.75, 3.05) is 0 Å². The van der Waals surface area contributed by atoms with E-state index in [1.54, 1.807) is 18.2 Å². The molecule has 0 spiro atoms. The van der Waals surface area contributed by atoms with Gasteiger partial charge in [-0.3, -0.25) is 4.79 Å². The lowest BCUT2D eigenvalue weighted by Crippen LogP contribution is -2.22. The van der Waals surface area contributed by atoms with Gasteiger partial charge in [-0.1, -0.05) is 18.2 Å². The first-order valence-corrected chi connectivity index (χ1v) is 5.27. The minimum Gasteiger partial charge on any atom is -0.350 e. The highest BCUT2D eigenvalue weighted by atomic mass is 16.1. The number of rotatable bonds is 3. The molecule has 1 aliphatic rings. The molecule has 2 rings (SSSR count). The number of benzene rings is 1. The van der Waals surface area contributed by atoms with E-state index in [0.29, 0.717) is 11.6 Å². The molecule has 0 radical (unpaired) electrons. The van der Waals surface area contributed by atoms with Crippen LogP contribution in [-0.2, 0) is 4.79 Å². The average molecular weight is 212 g/mol. The van der Waals surface area contributed by atoms with Crippen LogP contribution in [-0.4, -0.2) is 11.9 Å². The fourth-order valence-corrected chi connectivity index (χ4v) is 1.39. The summed E-state index contributed by atoms with van der Waals surface area (Å²) < 4.78 is 0. The Morgan fingerprint density at radius 2 is 2.19 bits per heavy atom. The lowest BCUT2D eigenvalue weighted by Gasteiger charge is -1.98. The molecule has 3 nitrogen and oxygen atoms in total. The fraction of sp³-hybridized carbons (Fsp3) is 0.231. The fourth-order valence-electron chi connectivity index (χ4n) is 1.39. The number of nitrogens with one attached hydrogen (secondary N) is 1. The number of nitrogens with zero attached hydrogens (tertiary/aromatic N) is 1. The summed E-state index contributed by atoms with van der Waals surface area (Å²) in [6.07, 6.45) is 5.31. The van der Waals surface area contributed by atoms with Gasteiger partial charge < -0.3 is 5.32 Å². The molecule has 0 heterocycles. The van der Waals surface area contributed by atoms with Gasteiger partial charge in [-0.05, 0) is 30.5 Å². The largest absolute Gasteiger partial charge is 0.350 e. The molecule has 1 aliphatic carbocycles. The van der Waals surface area contributed by atoms with Crippen LogP contribution in [0.15, 0.2) is 30.3 Å². The predicted octanol–water partition coefficient (Wildman–Crippen LogP) is 1.85. The van der Waals surface area contributed by atoms with E-state index >= 15 is 0 Å². The van der Waals surface area contributed by atoms with Gasteiger partial charge in [0.25, 0.3) is 0 Å². The molecule has 1 N–H and O–H groups in total. The molecule has 1 amide bonds. The van der Waals surface area contributed by atoms with E-state index in [0.717, 1.165) is 18.4 Å². The molecule has 80 valence electrons. The Morgan fingerprint density at radius 3 is 2.88 bits per heavy atom. The second kappa shape index (κ2) is 4.63. The van der Waals surface area contributed by atoms with Crippen molar-refractivity contribution >= 4 is 12.0 Å². The molecule has 0 aromatic heterocycles. The minimum atomic E-state index is -0.0877. The molecule has 1 fully saturated rings. The average Bonchev–Trinajstić information content (AvgIpc) is 3.10. The van der Waals surface area contributed by atoms with E-state index in [2.05, 4.69) is 11.4 Å². The van der Waals surface area contributed by atoms with Gasteiger partial charge in [0, 0.05) is 12.1 Å². The molecule has 0 unspecified atom stereocenters. The van der Waals surface area contributed by atoms with Crippen LogP contribution >= 0.6 is 0 Å². The lowest BCUT2D eigenvalue weighted by molar-refractivity contribution is -0.116. The Kier molecular flexibility index (Phi) is 3.02. The van der Waals surface area contributed by atoms with Gasteiger partial charge in [0.1, 0.15) is 0 Å². The van der Waals surface area contributed by atoms with Crippen LogP contribution < -0.4 is 5.32 Å². The Hall–Kier alpha value is -2.08. The summed E-state index contributed by atoms with van der Waals surface area (Å²) in [7, 11) is 0. The first-order valence-electron chi connectivity index (χ1n) is 5.27. The molecule has 16 heavy (non-hydrogen) atoms. The van der Waals surface area contributed by atoms with E-state index in [9.17, 15) is 4.79 Å². The Morgan fingerprint density at radius 1 is 1.44 bits per heavy atom. The molecule has 1 aromatic carbocycles. The van der Waals surface area contributed by atoms with Gasteiger partial charge in [0.2, 0.25) is 5.91 Å². The second-order valence-electron chi connectivity index (χ2n) is 3.82. The summed E-state index contributed by atoms with van der Waals surface area (Å²) in [5.41, 5.74) is 1.36. The second-order valence-corrected chi connectivity index (χ2v) is 3.82. The number of carbonyl (C=O) groups excluding carboxylic acids is 1. The molecule has 0 atom stereocenters. The van der Waals surface area contributed by atoms with E-state index < -0.39 is 0 Å². The summed E-state index contributed by atoms with van der Waals surface area (Å²) in [6.45, 7) is 0. The van der Waals surface area contributed by atoms with Crippen LogP contribution in [0.3, 0.4) is 0 Å². The first kappa shape index (κ1) is 10.4. The monoisotopic (exact) mass is 212 g/mol. The van der Waals surface area contributed by atoms with Gasteiger partial charge in [0.05, 0.1) is 11.6 Å². The van der Waals surface area contributed by atoms with Crippen LogP contribution in [0.2, 0.25) is 0 Å². The smallest absolute Gasteiger partial charge is 0.244 e. The Labute approximate surface area is 94.4 Å². The van der Waals surface area contributed by atoms with Crippen molar-refractivity contribution in [1.82, 2.24) is 5.32 Å². The van der Waals surface area contributed by atoms with E-state index in [4.69, 9.17) is 5.26 Å². The Balaban J connectivity index is 2.04. The lowest BCUT2D eigenvalue weighted by atomic mass is 10.1. The number of carbonyl (C=O) groups is 1. The van der Waals surface area contributed by atoms with Gasteiger partial charge in [-0.15, -0.1) is 0 Å². The van der Waals surface area contributed by atoms with Crippen molar-refractivity contribution < 1.29 is 4.79 Å². The molecule has 1 saturated carbocycles. The third-order valence-electron chi connectivity index (χ3n) is 2.42. The molecule has 0 bridgehead atoms. The van der Waals surface area contributed by atoms with Gasteiger partial charge >= 0.3 is 0 Å². The zero-order chi connectivity index (χ0) is 11.4. The van der Waals surface area contributed by atoms with Crippen molar-refractivity contribution in [2.24, 2.45) is 0 Å². The molecular weight excluding hydrogens is 200 g/mol. The minimum absolute atomic E-state index is 0.0877. The van der Waals surface area contributed by atoms with Crippen LogP contribution in [0, 0.1) is 11.3 Å². The number of nitriles is 1. The van der Waals surface area contributed by atoms with Crippen LogP contribution in [0.5, 0.6) is 0 Å². The molecule has 1 aromatic rings. The van der Waals surface area contributed by atoms with Gasteiger partial charge in [-0.25, -0.2) is 0 Å². The highest BCUT2D eigenvalue weighted by Gasteiger charge is 2.21. The molecular formula is C13H12N2O. The van der Waals surface area contributed by atoms with Crippen molar-refractivity contribution in [1.29, 1.82) is 5.26 Å². The van der Waals surface area contributed by atoms with Crippen molar-refractivity contribution in [3.8, 4) is 6.07 Å². The summed E-state index contributed by atoms with van der Waals surface area (Å²) in [5, 5.41) is 11.7. The maximum Gasteiger partial charge on any atom is 0.244 e. The normalized spacial score (nSPS) is 14.7. The van der Waals surface area contributed by atoms with Crippen molar-refractivity contribution in [3.05, 3.63) is 41.5 Å². The maximum atomic E-state index is 11.4. The summed E-state index contributed by atoms with van der Waals surface area (Å²) in [6, 6.07) is 9.66. The zero-order valence-electron chi connectivity index (χ0n) is 8.81. The number of hydrogen-bond donors (Lipinski definition) is 1. The zero-order valence-corrected chi connectivity index (χ0v) is 8.81. The first-order chi connectivity index (χ1) is 7.79. The predicted molar refractivity (Wildman–Crippen MR) is 61.4 cm³/mol. The summed E-state index contributed by atoms with van der Waals surface area (Å²) in [5.74, 6) is -0.0877.